The van der Waals surface area contributed by atoms with E-state index in [1.807, 2.05) is 13.8 Å². The zero-order chi connectivity index (χ0) is 17.4. The van der Waals surface area contributed by atoms with Crippen LogP contribution in [0.25, 0.3) is 0 Å². The van der Waals surface area contributed by atoms with Crippen LogP contribution in [0.5, 0.6) is 0 Å². The summed E-state index contributed by atoms with van der Waals surface area (Å²) in [6, 6.07) is 0. The highest BCUT2D eigenvalue weighted by molar-refractivity contribution is 5.68. The highest BCUT2D eigenvalue weighted by Gasteiger charge is 2.20. The summed E-state index contributed by atoms with van der Waals surface area (Å²) >= 11 is 0. The van der Waals surface area contributed by atoms with E-state index in [0.29, 0.717) is 6.42 Å². The second-order valence-electron chi connectivity index (χ2n) is 7.33. The van der Waals surface area contributed by atoms with Crippen molar-refractivity contribution in [3.8, 4) is 0 Å². The van der Waals surface area contributed by atoms with E-state index in [1.165, 1.54) is 57.8 Å². The molecule has 0 atom stereocenters. The monoisotopic (exact) mass is 328 g/mol. The highest BCUT2D eigenvalue weighted by Crippen LogP contribution is 2.17. The largest absolute Gasteiger partial charge is 0.342 e. The van der Waals surface area contributed by atoms with Crippen molar-refractivity contribution in [2.45, 2.75) is 123 Å². The minimum Gasteiger partial charge on any atom is -0.298 e. The van der Waals surface area contributed by atoms with Gasteiger partial charge in [-0.2, -0.15) is 4.89 Å². The van der Waals surface area contributed by atoms with Gasteiger partial charge in [-0.3, -0.25) is 4.89 Å². The second-order valence-corrected chi connectivity index (χ2v) is 7.33. The van der Waals surface area contributed by atoms with Gasteiger partial charge in [-0.15, -0.1) is 0 Å². The SMILES string of the molecule is CCCCCCCCCCCCCC(=O)OOC(C)(C)CCC. The Bertz CT molecular complexity index is 274. The fourth-order valence-corrected chi connectivity index (χ4v) is 2.78. The van der Waals surface area contributed by atoms with E-state index in [-0.39, 0.29) is 11.6 Å². The van der Waals surface area contributed by atoms with E-state index in [4.69, 9.17) is 9.78 Å². The maximum absolute atomic E-state index is 11.6. The van der Waals surface area contributed by atoms with Crippen LogP contribution in [0, 0.1) is 0 Å². The molecule has 0 spiro atoms. The summed E-state index contributed by atoms with van der Waals surface area (Å²) in [5.74, 6) is -0.231. The van der Waals surface area contributed by atoms with Gasteiger partial charge in [0.15, 0.2) is 0 Å². The molecule has 0 amide bonds. The third kappa shape index (κ3) is 16.1. The molecule has 0 aliphatic rings. The molecule has 0 bridgehead atoms. The first-order valence-electron chi connectivity index (χ1n) is 9.90. The molecule has 0 rings (SSSR count). The lowest BCUT2D eigenvalue weighted by Crippen LogP contribution is -2.25. The van der Waals surface area contributed by atoms with Gasteiger partial charge in [0.2, 0.25) is 0 Å². The summed E-state index contributed by atoms with van der Waals surface area (Å²) in [6.45, 7) is 8.25. The third-order valence-corrected chi connectivity index (χ3v) is 4.20. The molecule has 0 aliphatic heterocycles. The summed E-state index contributed by atoms with van der Waals surface area (Å²) in [7, 11) is 0. The van der Waals surface area contributed by atoms with E-state index in [9.17, 15) is 4.79 Å². The highest BCUT2D eigenvalue weighted by atomic mass is 17.2. The number of carbonyl (C=O) groups is 1. The zero-order valence-electron chi connectivity index (χ0n) is 16.1. The Morgan fingerprint density at radius 3 is 1.70 bits per heavy atom. The standard InChI is InChI=1S/C20H40O3/c1-5-7-8-9-10-11-12-13-14-15-16-17-19(21)22-23-20(3,4)18-6-2/h5-18H2,1-4H3. The molecule has 23 heavy (non-hydrogen) atoms. The Morgan fingerprint density at radius 1 is 0.739 bits per heavy atom. The molecule has 0 heterocycles. The van der Waals surface area contributed by atoms with E-state index in [1.54, 1.807) is 0 Å². The number of hydrogen-bond donors (Lipinski definition) is 0. The molecule has 0 aliphatic carbocycles. The molecule has 3 heteroatoms. The smallest absolute Gasteiger partial charge is 0.298 e. The molecule has 138 valence electrons. The van der Waals surface area contributed by atoms with Crippen molar-refractivity contribution in [3.05, 3.63) is 0 Å². The Balaban J connectivity index is 3.33. The van der Waals surface area contributed by atoms with Gasteiger partial charge in [0.05, 0.1) is 0 Å². The minimum absolute atomic E-state index is 0.231. The molecule has 0 aromatic carbocycles. The fourth-order valence-electron chi connectivity index (χ4n) is 2.78. The van der Waals surface area contributed by atoms with Crippen molar-refractivity contribution in [2.24, 2.45) is 0 Å². The Kier molecular flexibility index (Phi) is 14.6. The maximum Gasteiger partial charge on any atom is 0.342 e. The quantitative estimate of drug-likeness (QED) is 0.179. The van der Waals surface area contributed by atoms with E-state index in [0.717, 1.165) is 25.7 Å². The van der Waals surface area contributed by atoms with E-state index < -0.39 is 0 Å². The number of rotatable bonds is 16. The molecule has 0 saturated carbocycles. The Labute approximate surface area is 144 Å². The van der Waals surface area contributed by atoms with Gasteiger partial charge in [0, 0.05) is 6.42 Å². The number of carbonyl (C=O) groups excluding carboxylic acids is 1. The average Bonchev–Trinajstić information content (AvgIpc) is 2.50. The minimum atomic E-state index is -0.373. The normalized spacial score (nSPS) is 11.7. The van der Waals surface area contributed by atoms with E-state index >= 15 is 0 Å². The van der Waals surface area contributed by atoms with Gasteiger partial charge in [0.1, 0.15) is 5.60 Å². The molecule has 0 N–H and O–H groups in total. The summed E-state index contributed by atoms with van der Waals surface area (Å²) in [6.07, 6.45) is 16.5. The first-order chi connectivity index (χ1) is 11.0. The summed E-state index contributed by atoms with van der Waals surface area (Å²) < 4.78 is 0. The van der Waals surface area contributed by atoms with Crippen LogP contribution in [0.4, 0.5) is 0 Å². The maximum atomic E-state index is 11.6. The molecule has 0 radical (unpaired) electrons. The first kappa shape index (κ1) is 22.4. The van der Waals surface area contributed by atoms with Gasteiger partial charge >= 0.3 is 5.97 Å². The van der Waals surface area contributed by atoms with Crippen molar-refractivity contribution in [1.29, 1.82) is 0 Å². The lowest BCUT2D eigenvalue weighted by molar-refractivity contribution is -0.326. The molecule has 0 saturated heterocycles. The van der Waals surface area contributed by atoms with Gasteiger partial charge in [-0.1, -0.05) is 84.5 Å². The summed E-state index contributed by atoms with van der Waals surface area (Å²) in [5, 5.41) is 0. The molecular weight excluding hydrogens is 288 g/mol. The van der Waals surface area contributed by atoms with Crippen molar-refractivity contribution in [3.63, 3.8) is 0 Å². The topological polar surface area (TPSA) is 35.5 Å². The van der Waals surface area contributed by atoms with Gasteiger partial charge < -0.3 is 0 Å². The predicted octanol–water partition coefficient (Wildman–Crippen LogP) is 6.74. The zero-order valence-corrected chi connectivity index (χ0v) is 16.1. The first-order valence-corrected chi connectivity index (χ1v) is 9.90. The van der Waals surface area contributed by atoms with Crippen LogP contribution in [-0.2, 0) is 14.6 Å². The van der Waals surface area contributed by atoms with Crippen LogP contribution in [0.2, 0.25) is 0 Å². The van der Waals surface area contributed by atoms with Crippen LogP contribution < -0.4 is 0 Å². The molecular formula is C20H40O3. The summed E-state index contributed by atoms with van der Waals surface area (Å²) in [4.78, 5) is 21.8. The summed E-state index contributed by atoms with van der Waals surface area (Å²) in [5.41, 5.74) is -0.373. The van der Waals surface area contributed by atoms with Crippen molar-refractivity contribution < 1.29 is 14.6 Å². The Morgan fingerprint density at radius 2 is 1.22 bits per heavy atom. The predicted molar refractivity (Wildman–Crippen MR) is 97.2 cm³/mol. The van der Waals surface area contributed by atoms with Crippen molar-refractivity contribution in [1.82, 2.24) is 0 Å². The lowest BCUT2D eigenvalue weighted by Gasteiger charge is -2.21. The number of unbranched alkanes of at least 4 members (excludes halogenated alkanes) is 10. The van der Waals surface area contributed by atoms with Crippen molar-refractivity contribution in [2.75, 3.05) is 0 Å². The van der Waals surface area contributed by atoms with Gasteiger partial charge in [-0.05, 0) is 26.7 Å². The molecule has 0 aromatic rings. The lowest BCUT2D eigenvalue weighted by atomic mass is 10.0. The van der Waals surface area contributed by atoms with E-state index in [2.05, 4.69) is 13.8 Å². The molecule has 0 unspecified atom stereocenters. The van der Waals surface area contributed by atoms with Crippen LogP contribution in [-0.4, -0.2) is 11.6 Å². The van der Waals surface area contributed by atoms with Gasteiger partial charge in [0.25, 0.3) is 0 Å². The fraction of sp³-hybridized carbons (Fsp3) is 0.950. The second kappa shape index (κ2) is 15.0. The average molecular weight is 329 g/mol. The van der Waals surface area contributed by atoms with Gasteiger partial charge in [-0.25, -0.2) is 4.79 Å². The molecule has 0 fully saturated rings. The molecule has 0 aromatic heterocycles. The van der Waals surface area contributed by atoms with Crippen LogP contribution in [0.15, 0.2) is 0 Å². The van der Waals surface area contributed by atoms with Crippen LogP contribution in [0.3, 0.4) is 0 Å². The van der Waals surface area contributed by atoms with Crippen molar-refractivity contribution >= 4 is 5.97 Å². The number of hydrogen-bond acceptors (Lipinski definition) is 3. The Hall–Kier alpha value is -0.570. The third-order valence-electron chi connectivity index (χ3n) is 4.20. The van der Waals surface area contributed by atoms with Crippen LogP contribution in [0.1, 0.15) is 118 Å². The van der Waals surface area contributed by atoms with Crippen LogP contribution >= 0.6 is 0 Å². The molecule has 3 nitrogen and oxygen atoms in total.